The van der Waals surface area contributed by atoms with E-state index in [1.54, 1.807) is 0 Å². The van der Waals surface area contributed by atoms with Gasteiger partial charge >= 0.3 is 0 Å². The molecule has 14 heavy (non-hydrogen) atoms. The van der Waals surface area contributed by atoms with E-state index in [2.05, 4.69) is 19.2 Å². The van der Waals surface area contributed by atoms with Gasteiger partial charge in [-0.1, -0.05) is 18.2 Å². The van der Waals surface area contributed by atoms with Gasteiger partial charge in [-0.2, -0.15) is 0 Å². The van der Waals surface area contributed by atoms with Gasteiger partial charge in [-0.05, 0) is 37.6 Å². The van der Waals surface area contributed by atoms with Crippen LogP contribution in [0.4, 0.5) is 0 Å². The highest BCUT2D eigenvalue weighted by molar-refractivity contribution is 6.49. The minimum atomic E-state index is -0.667. The Labute approximate surface area is 92.8 Å². The number of aryl methyl sites for hydroxylation is 1. The van der Waals surface area contributed by atoms with Crippen molar-refractivity contribution < 1.29 is 4.43 Å². The largest absolute Gasteiger partial charge is 0.542 e. The molecule has 0 aliphatic carbocycles. The van der Waals surface area contributed by atoms with E-state index in [1.807, 2.05) is 18.2 Å². The first kappa shape index (κ1) is 11.6. The highest BCUT2D eigenvalue weighted by Crippen LogP contribution is 2.20. The van der Waals surface area contributed by atoms with E-state index < -0.39 is 9.04 Å². The molecule has 0 saturated heterocycles. The maximum atomic E-state index is 5.80. The number of hydrogen-bond acceptors (Lipinski definition) is 1. The first-order valence-electron chi connectivity index (χ1n) is 4.86. The Morgan fingerprint density at radius 1 is 1.29 bits per heavy atom. The van der Waals surface area contributed by atoms with Crippen LogP contribution in [0, 0.1) is 0 Å². The normalized spacial score (nSPS) is 10.6. The molecule has 0 aromatic heterocycles. The van der Waals surface area contributed by atoms with Crippen molar-refractivity contribution in [3.05, 3.63) is 29.8 Å². The fourth-order valence-electron chi connectivity index (χ4n) is 1.29. The lowest BCUT2D eigenvalue weighted by atomic mass is 10.1. The Kier molecular flexibility index (Phi) is 5.05. The van der Waals surface area contributed by atoms with E-state index in [-0.39, 0.29) is 0 Å². The zero-order valence-corrected chi connectivity index (χ0v) is 10.5. The van der Waals surface area contributed by atoms with Crippen molar-refractivity contribution in [2.45, 2.75) is 25.9 Å². The van der Waals surface area contributed by atoms with Gasteiger partial charge in [0.1, 0.15) is 5.75 Å². The second-order valence-corrected chi connectivity index (χ2v) is 5.81. The summed E-state index contributed by atoms with van der Waals surface area (Å²) in [5.74, 6) is 1.75. The Morgan fingerprint density at radius 2 is 2.00 bits per heavy atom. The maximum absolute atomic E-state index is 5.80. The smallest absolute Gasteiger partial charge is 0.274 e. The molecule has 0 amide bonds. The van der Waals surface area contributed by atoms with Gasteiger partial charge < -0.3 is 4.43 Å². The van der Waals surface area contributed by atoms with Crippen LogP contribution in [0.5, 0.6) is 5.75 Å². The van der Waals surface area contributed by atoms with E-state index in [0.717, 1.165) is 18.6 Å². The molecule has 0 N–H and O–H groups in total. The summed E-state index contributed by atoms with van der Waals surface area (Å²) in [5, 5.41) is 0. The molecule has 0 spiro atoms. The Hall–Kier alpha value is -0.473. The highest BCUT2D eigenvalue weighted by Gasteiger charge is 2.05. The minimum absolute atomic E-state index is 0.667. The van der Waals surface area contributed by atoms with Gasteiger partial charge in [0.05, 0.1) is 0 Å². The van der Waals surface area contributed by atoms with Crippen LogP contribution in [0.1, 0.15) is 12.0 Å². The van der Waals surface area contributed by atoms with Gasteiger partial charge in [0, 0.05) is 5.88 Å². The number of alkyl halides is 1. The molecular weight excluding hydrogens is 212 g/mol. The van der Waals surface area contributed by atoms with Crippen LogP contribution >= 0.6 is 11.6 Å². The van der Waals surface area contributed by atoms with Crippen molar-refractivity contribution >= 4 is 20.6 Å². The summed E-state index contributed by atoms with van der Waals surface area (Å²) in [6.07, 6.45) is 2.02. The van der Waals surface area contributed by atoms with Crippen molar-refractivity contribution in [3.8, 4) is 5.75 Å². The first-order chi connectivity index (χ1) is 6.74. The predicted molar refractivity (Wildman–Crippen MR) is 63.6 cm³/mol. The molecule has 1 aromatic rings. The van der Waals surface area contributed by atoms with E-state index in [0.29, 0.717) is 5.88 Å². The van der Waals surface area contributed by atoms with Crippen LogP contribution in [-0.2, 0) is 6.42 Å². The SMILES string of the molecule is C[Si](C)Oc1ccccc1CCCCl. The lowest BCUT2D eigenvalue weighted by molar-refractivity contribution is 0.570. The molecule has 1 nitrogen and oxygen atoms in total. The number of benzene rings is 1. The Morgan fingerprint density at radius 3 is 2.64 bits per heavy atom. The van der Waals surface area contributed by atoms with Gasteiger partial charge in [-0.25, -0.2) is 0 Å². The van der Waals surface area contributed by atoms with Gasteiger partial charge in [0.15, 0.2) is 0 Å². The number of hydrogen-bond donors (Lipinski definition) is 0. The first-order valence-corrected chi connectivity index (χ1v) is 7.80. The summed E-state index contributed by atoms with van der Waals surface area (Å²) in [5.41, 5.74) is 1.28. The Balaban J connectivity index is 2.69. The van der Waals surface area contributed by atoms with Crippen molar-refractivity contribution in [1.82, 2.24) is 0 Å². The molecule has 0 unspecified atom stereocenters. The third-order valence-corrected chi connectivity index (χ3v) is 2.76. The standard InChI is InChI=1S/C11H16ClOSi/c1-14(2)13-11-8-4-3-6-10(11)7-5-9-12/h3-4,6,8H,5,7,9H2,1-2H3. The maximum Gasteiger partial charge on any atom is 0.274 e. The van der Waals surface area contributed by atoms with Crippen LogP contribution in [0.2, 0.25) is 13.1 Å². The van der Waals surface area contributed by atoms with Gasteiger partial charge in [0.25, 0.3) is 9.04 Å². The number of rotatable bonds is 5. The summed E-state index contributed by atoms with van der Waals surface area (Å²) in [6.45, 7) is 4.28. The van der Waals surface area contributed by atoms with Gasteiger partial charge in [-0.15, -0.1) is 11.6 Å². The second kappa shape index (κ2) is 6.09. The zero-order valence-electron chi connectivity index (χ0n) is 8.72. The molecule has 0 atom stereocenters. The van der Waals surface area contributed by atoms with Crippen molar-refractivity contribution in [1.29, 1.82) is 0 Å². The quantitative estimate of drug-likeness (QED) is 0.553. The highest BCUT2D eigenvalue weighted by atomic mass is 35.5. The average Bonchev–Trinajstić information content (AvgIpc) is 2.16. The van der Waals surface area contributed by atoms with Crippen molar-refractivity contribution in [3.63, 3.8) is 0 Å². The van der Waals surface area contributed by atoms with E-state index in [9.17, 15) is 0 Å². The van der Waals surface area contributed by atoms with Crippen LogP contribution in [0.25, 0.3) is 0 Å². The molecule has 0 bridgehead atoms. The van der Waals surface area contributed by atoms with E-state index in [4.69, 9.17) is 16.0 Å². The van der Waals surface area contributed by atoms with E-state index in [1.165, 1.54) is 5.56 Å². The Bertz CT molecular complexity index is 276. The molecule has 1 radical (unpaired) electrons. The molecule has 0 aliphatic heterocycles. The third-order valence-electron chi connectivity index (χ3n) is 1.87. The van der Waals surface area contributed by atoms with Crippen LogP contribution in [0.3, 0.4) is 0 Å². The summed E-state index contributed by atoms with van der Waals surface area (Å²) < 4.78 is 5.80. The third kappa shape index (κ3) is 3.72. The average molecular weight is 228 g/mol. The van der Waals surface area contributed by atoms with Crippen LogP contribution in [0.15, 0.2) is 24.3 Å². The minimum Gasteiger partial charge on any atom is -0.542 e. The van der Waals surface area contributed by atoms with Crippen molar-refractivity contribution in [2.75, 3.05) is 5.88 Å². The molecule has 0 heterocycles. The monoisotopic (exact) mass is 227 g/mol. The number of halogens is 1. The van der Waals surface area contributed by atoms with Crippen molar-refractivity contribution in [2.24, 2.45) is 0 Å². The fourth-order valence-corrected chi connectivity index (χ4v) is 2.06. The molecule has 1 aromatic carbocycles. The fraction of sp³-hybridized carbons (Fsp3) is 0.455. The zero-order chi connectivity index (χ0) is 10.4. The molecule has 3 heteroatoms. The topological polar surface area (TPSA) is 9.23 Å². The van der Waals surface area contributed by atoms with Crippen LogP contribution < -0.4 is 4.43 Å². The molecule has 0 aliphatic rings. The summed E-state index contributed by atoms with van der Waals surface area (Å²) in [6, 6.07) is 8.23. The number of para-hydroxylation sites is 1. The van der Waals surface area contributed by atoms with Crippen LogP contribution in [-0.4, -0.2) is 14.9 Å². The van der Waals surface area contributed by atoms with E-state index >= 15 is 0 Å². The molecule has 77 valence electrons. The molecule has 0 fully saturated rings. The lowest BCUT2D eigenvalue weighted by Gasteiger charge is -2.12. The van der Waals surface area contributed by atoms with Gasteiger partial charge in [0.2, 0.25) is 0 Å². The second-order valence-electron chi connectivity index (χ2n) is 3.41. The lowest BCUT2D eigenvalue weighted by Crippen LogP contribution is -2.12. The summed E-state index contributed by atoms with van der Waals surface area (Å²) >= 11 is 5.68. The molecule has 1 rings (SSSR count). The molecule has 0 saturated carbocycles. The van der Waals surface area contributed by atoms with Gasteiger partial charge in [-0.3, -0.25) is 0 Å². The predicted octanol–water partition coefficient (Wildman–Crippen LogP) is 3.49. The summed E-state index contributed by atoms with van der Waals surface area (Å²) in [7, 11) is -0.667. The molecular formula is C11H16ClOSi. The summed E-state index contributed by atoms with van der Waals surface area (Å²) in [4.78, 5) is 0.